The van der Waals surface area contributed by atoms with Gasteiger partial charge in [-0.3, -0.25) is 4.68 Å². The van der Waals surface area contributed by atoms with Crippen LogP contribution in [0, 0.1) is 0 Å². The zero-order valence-corrected chi connectivity index (χ0v) is 9.36. The van der Waals surface area contributed by atoms with E-state index in [9.17, 15) is 4.39 Å². The fraction of sp³-hybridized carbons (Fsp3) is 0.667. The Labute approximate surface area is 85.3 Å². The van der Waals surface area contributed by atoms with E-state index < -0.39 is 5.67 Å². The molecule has 1 heterocycles. The summed E-state index contributed by atoms with van der Waals surface area (Å²) in [7, 11) is 0. The SMILES string of the molecule is CCn1nc(Br)c2c1CCC2(C)F. The lowest BCUT2D eigenvalue weighted by Crippen LogP contribution is -2.09. The number of rotatable bonds is 1. The highest BCUT2D eigenvalue weighted by Crippen LogP contribution is 2.43. The zero-order valence-electron chi connectivity index (χ0n) is 7.77. The fourth-order valence-electron chi connectivity index (χ4n) is 1.97. The third-order valence-electron chi connectivity index (χ3n) is 2.67. The van der Waals surface area contributed by atoms with Crippen LogP contribution in [0.2, 0.25) is 0 Å². The minimum Gasteiger partial charge on any atom is -0.268 e. The first-order valence-electron chi connectivity index (χ1n) is 4.51. The summed E-state index contributed by atoms with van der Waals surface area (Å²) in [4.78, 5) is 0. The molecule has 0 radical (unpaired) electrons. The van der Waals surface area contributed by atoms with Gasteiger partial charge in [0.15, 0.2) is 0 Å². The van der Waals surface area contributed by atoms with Gasteiger partial charge in [0.25, 0.3) is 0 Å². The van der Waals surface area contributed by atoms with Crippen LogP contribution < -0.4 is 0 Å². The predicted molar refractivity (Wildman–Crippen MR) is 52.4 cm³/mol. The molecule has 2 nitrogen and oxygen atoms in total. The van der Waals surface area contributed by atoms with Gasteiger partial charge in [-0.1, -0.05) is 0 Å². The highest BCUT2D eigenvalue weighted by molar-refractivity contribution is 9.10. The first kappa shape index (κ1) is 9.19. The normalized spacial score (nSPS) is 26.5. The number of hydrogen-bond donors (Lipinski definition) is 0. The van der Waals surface area contributed by atoms with Crippen molar-refractivity contribution in [2.45, 2.75) is 38.9 Å². The Kier molecular flexibility index (Phi) is 1.98. The fourth-order valence-corrected chi connectivity index (χ4v) is 2.81. The summed E-state index contributed by atoms with van der Waals surface area (Å²) in [5.41, 5.74) is 0.621. The van der Waals surface area contributed by atoms with E-state index >= 15 is 0 Å². The zero-order chi connectivity index (χ0) is 9.64. The van der Waals surface area contributed by atoms with Crippen molar-refractivity contribution < 1.29 is 4.39 Å². The summed E-state index contributed by atoms with van der Waals surface area (Å²) in [6, 6.07) is 0. The predicted octanol–water partition coefficient (Wildman–Crippen LogP) is 2.80. The number of fused-ring (bicyclic) bond motifs is 1. The molecule has 0 aromatic carbocycles. The van der Waals surface area contributed by atoms with Gasteiger partial charge in [-0.05, 0) is 42.6 Å². The molecule has 0 aliphatic heterocycles. The number of halogens is 2. The molecule has 13 heavy (non-hydrogen) atoms. The number of nitrogens with zero attached hydrogens (tertiary/aromatic N) is 2. The summed E-state index contributed by atoms with van der Waals surface area (Å²) in [5.74, 6) is 0. The maximum Gasteiger partial charge on any atom is 0.138 e. The van der Waals surface area contributed by atoms with Crippen molar-refractivity contribution in [3.63, 3.8) is 0 Å². The van der Waals surface area contributed by atoms with Gasteiger partial charge < -0.3 is 0 Å². The van der Waals surface area contributed by atoms with E-state index in [1.807, 2.05) is 11.6 Å². The van der Waals surface area contributed by atoms with E-state index in [2.05, 4.69) is 21.0 Å². The van der Waals surface area contributed by atoms with Crippen molar-refractivity contribution in [3.8, 4) is 0 Å². The second-order valence-electron chi connectivity index (χ2n) is 3.63. The molecular formula is C9H12BrFN2. The summed E-state index contributed by atoms with van der Waals surface area (Å²) >= 11 is 3.31. The molecule has 4 heteroatoms. The van der Waals surface area contributed by atoms with Gasteiger partial charge >= 0.3 is 0 Å². The summed E-state index contributed by atoms with van der Waals surface area (Å²) < 4.78 is 16.5. The molecule has 1 aliphatic carbocycles. The molecule has 0 saturated carbocycles. The van der Waals surface area contributed by atoms with Crippen LogP contribution in [-0.4, -0.2) is 9.78 Å². The van der Waals surface area contributed by atoms with E-state index in [-0.39, 0.29) is 0 Å². The van der Waals surface area contributed by atoms with Gasteiger partial charge in [0.2, 0.25) is 0 Å². The van der Waals surface area contributed by atoms with Crippen LogP contribution >= 0.6 is 15.9 Å². The average Bonchev–Trinajstić information content (AvgIpc) is 2.53. The van der Waals surface area contributed by atoms with Gasteiger partial charge in [0, 0.05) is 17.8 Å². The molecule has 1 unspecified atom stereocenters. The van der Waals surface area contributed by atoms with Gasteiger partial charge in [0.05, 0.1) is 0 Å². The van der Waals surface area contributed by atoms with Crippen LogP contribution in [0.5, 0.6) is 0 Å². The van der Waals surface area contributed by atoms with Gasteiger partial charge in [-0.2, -0.15) is 5.10 Å². The molecule has 1 atom stereocenters. The number of aromatic nitrogens is 2. The van der Waals surface area contributed by atoms with Crippen LogP contribution in [-0.2, 0) is 18.6 Å². The van der Waals surface area contributed by atoms with Gasteiger partial charge in [-0.15, -0.1) is 0 Å². The molecule has 0 amide bonds. The standard InChI is InChI=1S/C9H12BrFN2/c1-3-13-6-4-5-9(2,11)7(6)8(10)12-13/h3-5H2,1-2H3. The average molecular weight is 247 g/mol. The Balaban J connectivity index is 2.59. The van der Waals surface area contributed by atoms with E-state index in [4.69, 9.17) is 0 Å². The van der Waals surface area contributed by atoms with E-state index in [0.717, 1.165) is 24.2 Å². The molecule has 0 fully saturated rings. The second-order valence-corrected chi connectivity index (χ2v) is 4.38. The smallest absolute Gasteiger partial charge is 0.138 e. The Bertz CT molecular complexity index is 344. The number of aryl methyl sites for hydroxylation is 1. The maximum atomic E-state index is 13.9. The third kappa shape index (κ3) is 1.23. The van der Waals surface area contributed by atoms with Crippen molar-refractivity contribution in [2.75, 3.05) is 0 Å². The lowest BCUT2D eigenvalue weighted by molar-refractivity contribution is 0.192. The topological polar surface area (TPSA) is 17.8 Å². The van der Waals surface area contributed by atoms with Crippen molar-refractivity contribution >= 4 is 15.9 Å². The molecular weight excluding hydrogens is 235 g/mol. The Morgan fingerprint density at radius 3 is 3.00 bits per heavy atom. The summed E-state index contributed by atoms with van der Waals surface area (Å²) in [5, 5.41) is 4.24. The van der Waals surface area contributed by atoms with Crippen LogP contribution in [0.1, 0.15) is 31.5 Å². The van der Waals surface area contributed by atoms with Crippen molar-refractivity contribution in [3.05, 3.63) is 15.9 Å². The third-order valence-corrected chi connectivity index (χ3v) is 3.22. The summed E-state index contributed by atoms with van der Waals surface area (Å²) in [6.45, 7) is 4.46. The van der Waals surface area contributed by atoms with Crippen LogP contribution in [0.4, 0.5) is 4.39 Å². The molecule has 1 aliphatic rings. The second kappa shape index (κ2) is 2.80. The van der Waals surface area contributed by atoms with E-state index in [0.29, 0.717) is 11.0 Å². The van der Waals surface area contributed by atoms with Crippen LogP contribution in [0.15, 0.2) is 4.60 Å². The Hall–Kier alpha value is -0.380. The first-order chi connectivity index (χ1) is 6.06. The Morgan fingerprint density at radius 1 is 1.69 bits per heavy atom. The van der Waals surface area contributed by atoms with Gasteiger partial charge in [-0.25, -0.2) is 4.39 Å². The van der Waals surface area contributed by atoms with Crippen molar-refractivity contribution in [1.82, 2.24) is 9.78 Å². The highest BCUT2D eigenvalue weighted by Gasteiger charge is 2.39. The van der Waals surface area contributed by atoms with E-state index in [1.165, 1.54) is 0 Å². The number of alkyl halides is 1. The van der Waals surface area contributed by atoms with Gasteiger partial charge in [0.1, 0.15) is 10.3 Å². The molecule has 0 spiro atoms. The van der Waals surface area contributed by atoms with Crippen LogP contribution in [0.3, 0.4) is 0 Å². The van der Waals surface area contributed by atoms with Crippen molar-refractivity contribution in [1.29, 1.82) is 0 Å². The molecule has 1 aromatic rings. The van der Waals surface area contributed by atoms with Crippen LogP contribution in [0.25, 0.3) is 0 Å². The summed E-state index contributed by atoms with van der Waals surface area (Å²) in [6.07, 6.45) is 1.38. The quantitative estimate of drug-likeness (QED) is 0.746. The minimum absolute atomic E-state index is 0.582. The minimum atomic E-state index is -1.19. The first-order valence-corrected chi connectivity index (χ1v) is 5.30. The molecule has 0 N–H and O–H groups in total. The highest BCUT2D eigenvalue weighted by atomic mass is 79.9. The Morgan fingerprint density at radius 2 is 2.38 bits per heavy atom. The molecule has 1 aromatic heterocycles. The maximum absolute atomic E-state index is 13.9. The molecule has 0 bridgehead atoms. The van der Waals surface area contributed by atoms with E-state index in [1.54, 1.807) is 6.92 Å². The number of hydrogen-bond acceptors (Lipinski definition) is 1. The molecule has 72 valence electrons. The lowest BCUT2D eigenvalue weighted by atomic mass is 10.0. The van der Waals surface area contributed by atoms with Crippen molar-refractivity contribution in [2.24, 2.45) is 0 Å². The largest absolute Gasteiger partial charge is 0.268 e. The monoisotopic (exact) mass is 246 g/mol. The molecule has 0 saturated heterocycles. The molecule has 2 rings (SSSR count). The lowest BCUT2D eigenvalue weighted by Gasteiger charge is -2.11.